The van der Waals surface area contributed by atoms with Crippen molar-refractivity contribution < 1.29 is 0 Å². The summed E-state index contributed by atoms with van der Waals surface area (Å²) < 4.78 is 0. The molecule has 2 aromatic rings. The van der Waals surface area contributed by atoms with Gasteiger partial charge in [-0.25, -0.2) is 4.98 Å². The second kappa shape index (κ2) is 4.13. The number of hydrogen-bond donors (Lipinski definition) is 2. The zero-order valence-corrected chi connectivity index (χ0v) is 9.77. The fraction of sp³-hybridized carbons (Fsp3) is 0.182. The second-order valence-corrected chi connectivity index (χ2v) is 4.14. The number of anilines is 1. The minimum Gasteiger partial charge on any atom is -0.383 e. The number of aromatic nitrogens is 1. The zero-order chi connectivity index (χ0) is 10.8. The quantitative estimate of drug-likeness (QED) is 0.742. The molecule has 0 spiro atoms. The first-order valence-corrected chi connectivity index (χ1v) is 5.37. The summed E-state index contributed by atoms with van der Waals surface area (Å²) in [4.78, 5) is 4.35. The number of nitrogen functional groups attached to an aromatic ring is 1. The molecule has 3 nitrogen and oxygen atoms in total. The molecule has 0 fully saturated rings. The summed E-state index contributed by atoms with van der Waals surface area (Å²) >= 11 is 0. The minimum absolute atomic E-state index is 0.578. The molecule has 4 heteroatoms. The first-order valence-electron chi connectivity index (χ1n) is 4.80. The fourth-order valence-corrected chi connectivity index (χ4v) is 1.80. The van der Waals surface area contributed by atoms with Crippen molar-refractivity contribution in [3.8, 4) is 0 Å². The summed E-state index contributed by atoms with van der Waals surface area (Å²) in [5, 5.41) is 5.18. The summed E-state index contributed by atoms with van der Waals surface area (Å²) in [6, 6.07) is 8.26. The van der Waals surface area contributed by atoms with Crippen LogP contribution in [0.2, 0.25) is 0 Å². The van der Waals surface area contributed by atoms with Gasteiger partial charge in [0.1, 0.15) is 5.82 Å². The Labute approximate surface area is 91.3 Å². The molecular formula is C11H14N3P. The Hall–Kier alpha value is -1.18. The Balaban J connectivity index is 2.56. The van der Waals surface area contributed by atoms with Crippen LogP contribution in [-0.2, 0) is 6.54 Å². The van der Waals surface area contributed by atoms with Crippen molar-refractivity contribution in [1.29, 1.82) is 0 Å². The molecule has 0 amide bonds. The van der Waals surface area contributed by atoms with Crippen LogP contribution in [0.3, 0.4) is 0 Å². The first kappa shape index (κ1) is 10.3. The van der Waals surface area contributed by atoms with Crippen molar-refractivity contribution in [2.75, 3.05) is 12.8 Å². The van der Waals surface area contributed by atoms with Crippen LogP contribution < -0.4 is 16.4 Å². The number of nitrogens with two attached hydrogens (primary N) is 1. The number of hydrogen-bond acceptors (Lipinski definition) is 3. The number of nitrogens with zero attached hydrogens (tertiary/aromatic N) is 1. The van der Waals surface area contributed by atoms with Crippen LogP contribution in [-0.4, -0.2) is 12.0 Å². The van der Waals surface area contributed by atoms with Crippen molar-refractivity contribution >= 4 is 31.3 Å². The number of pyridine rings is 1. The van der Waals surface area contributed by atoms with Crippen molar-refractivity contribution in [2.45, 2.75) is 6.54 Å². The van der Waals surface area contributed by atoms with E-state index < -0.39 is 0 Å². The summed E-state index contributed by atoms with van der Waals surface area (Å²) in [6.07, 6.45) is 0. The number of fused-ring (bicyclic) bond motifs is 1. The standard InChI is InChI=1S/C11H14N3P/c1-13-6-7-2-3-8-5-10(15)11(12)14-9(8)4-7/h2-5,13H,6,15H2,1H3,(H2,12,14). The summed E-state index contributed by atoms with van der Waals surface area (Å²) in [5.41, 5.74) is 7.93. The smallest absolute Gasteiger partial charge is 0.131 e. The lowest BCUT2D eigenvalue weighted by Crippen LogP contribution is -2.07. The normalized spacial score (nSPS) is 10.8. The molecule has 0 aliphatic rings. The van der Waals surface area contributed by atoms with Gasteiger partial charge < -0.3 is 11.1 Å². The minimum atomic E-state index is 0.578. The van der Waals surface area contributed by atoms with E-state index in [0.29, 0.717) is 5.82 Å². The number of nitrogens with one attached hydrogen (secondary N) is 1. The van der Waals surface area contributed by atoms with Crippen molar-refractivity contribution in [3.05, 3.63) is 29.8 Å². The summed E-state index contributed by atoms with van der Waals surface area (Å²) in [6.45, 7) is 0.847. The van der Waals surface area contributed by atoms with Crippen LogP contribution in [0.4, 0.5) is 5.82 Å². The van der Waals surface area contributed by atoms with Gasteiger partial charge in [0, 0.05) is 17.2 Å². The highest BCUT2D eigenvalue weighted by atomic mass is 31.0. The Morgan fingerprint density at radius 1 is 1.40 bits per heavy atom. The van der Waals surface area contributed by atoms with E-state index in [1.807, 2.05) is 13.1 Å². The van der Waals surface area contributed by atoms with Gasteiger partial charge in [0.25, 0.3) is 0 Å². The molecule has 1 heterocycles. The molecule has 0 saturated heterocycles. The summed E-state index contributed by atoms with van der Waals surface area (Å²) in [7, 11) is 4.52. The third-order valence-electron chi connectivity index (χ3n) is 2.32. The lowest BCUT2D eigenvalue weighted by atomic mass is 10.1. The van der Waals surface area contributed by atoms with Crippen molar-refractivity contribution in [2.24, 2.45) is 0 Å². The third kappa shape index (κ3) is 2.09. The molecule has 78 valence electrons. The SMILES string of the molecule is CNCc1ccc2cc(P)c(N)nc2c1. The van der Waals surface area contributed by atoms with Gasteiger partial charge in [-0.05, 0) is 24.7 Å². The molecule has 1 aromatic heterocycles. The van der Waals surface area contributed by atoms with Crippen LogP contribution in [0.15, 0.2) is 24.3 Å². The molecule has 0 bridgehead atoms. The van der Waals surface area contributed by atoms with Gasteiger partial charge in [0.15, 0.2) is 0 Å². The average molecular weight is 219 g/mol. The van der Waals surface area contributed by atoms with Gasteiger partial charge in [-0.3, -0.25) is 0 Å². The highest BCUT2D eigenvalue weighted by Crippen LogP contribution is 2.15. The topological polar surface area (TPSA) is 50.9 Å². The van der Waals surface area contributed by atoms with E-state index in [1.54, 1.807) is 0 Å². The second-order valence-electron chi connectivity index (χ2n) is 3.52. The zero-order valence-electron chi connectivity index (χ0n) is 8.62. The maximum absolute atomic E-state index is 5.76. The predicted octanol–water partition coefficient (Wildman–Crippen LogP) is 1.04. The average Bonchev–Trinajstić information content (AvgIpc) is 2.21. The molecule has 2 rings (SSSR count). The maximum atomic E-state index is 5.76. The number of rotatable bonds is 2. The largest absolute Gasteiger partial charge is 0.383 e. The highest BCUT2D eigenvalue weighted by Gasteiger charge is 2.01. The Kier molecular flexibility index (Phi) is 2.85. The van der Waals surface area contributed by atoms with E-state index in [4.69, 9.17) is 5.73 Å². The first-order chi connectivity index (χ1) is 7.20. The molecule has 3 N–H and O–H groups in total. The van der Waals surface area contributed by atoms with Gasteiger partial charge in [-0.2, -0.15) is 0 Å². The van der Waals surface area contributed by atoms with Crippen LogP contribution in [0, 0.1) is 0 Å². The molecule has 0 aliphatic heterocycles. The fourth-order valence-electron chi connectivity index (χ4n) is 1.56. The van der Waals surface area contributed by atoms with E-state index in [9.17, 15) is 0 Å². The Morgan fingerprint density at radius 2 is 2.20 bits per heavy atom. The molecule has 0 radical (unpaired) electrons. The van der Waals surface area contributed by atoms with E-state index in [1.165, 1.54) is 5.56 Å². The molecule has 0 aliphatic carbocycles. The van der Waals surface area contributed by atoms with Gasteiger partial charge in [-0.15, -0.1) is 9.24 Å². The predicted molar refractivity (Wildman–Crippen MR) is 68.3 cm³/mol. The third-order valence-corrected chi connectivity index (χ3v) is 2.79. The maximum Gasteiger partial charge on any atom is 0.131 e. The molecule has 1 unspecified atom stereocenters. The van der Waals surface area contributed by atoms with E-state index in [0.717, 1.165) is 22.8 Å². The van der Waals surface area contributed by atoms with Crippen LogP contribution in [0.5, 0.6) is 0 Å². The van der Waals surface area contributed by atoms with E-state index >= 15 is 0 Å². The van der Waals surface area contributed by atoms with Crippen molar-refractivity contribution in [3.63, 3.8) is 0 Å². The van der Waals surface area contributed by atoms with Crippen molar-refractivity contribution in [1.82, 2.24) is 10.3 Å². The molecule has 0 saturated carbocycles. The lowest BCUT2D eigenvalue weighted by molar-refractivity contribution is 0.819. The van der Waals surface area contributed by atoms with Gasteiger partial charge in [-0.1, -0.05) is 12.1 Å². The van der Waals surface area contributed by atoms with Crippen LogP contribution >= 0.6 is 9.24 Å². The Morgan fingerprint density at radius 3 is 2.93 bits per heavy atom. The van der Waals surface area contributed by atoms with E-state index in [-0.39, 0.29) is 0 Å². The van der Waals surface area contributed by atoms with Gasteiger partial charge in [0.05, 0.1) is 5.52 Å². The Bertz CT molecular complexity index is 496. The number of benzene rings is 1. The van der Waals surface area contributed by atoms with Gasteiger partial charge >= 0.3 is 0 Å². The lowest BCUT2D eigenvalue weighted by Gasteiger charge is -2.05. The molecular weight excluding hydrogens is 205 g/mol. The molecule has 15 heavy (non-hydrogen) atoms. The van der Waals surface area contributed by atoms with Gasteiger partial charge in [0.2, 0.25) is 0 Å². The molecule has 1 atom stereocenters. The molecule has 1 aromatic carbocycles. The summed E-state index contributed by atoms with van der Waals surface area (Å²) in [5.74, 6) is 0.578. The highest BCUT2D eigenvalue weighted by molar-refractivity contribution is 7.28. The van der Waals surface area contributed by atoms with E-state index in [2.05, 4.69) is 37.7 Å². The monoisotopic (exact) mass is 219 g/mol. The van der Waals surface area contributed by atoms with Crippen LogP contribution in [0.25, 0.3) is 10.9 Å². The van der Waals surface area contributed by atoms with Crippen LogP contribution in [0.1, 0.15) is 5.56 Å².